The maximum atomic E-state index is 5.92. The molecule has 101 valence electrons. The standard InChI is InChI=1S/C14H18BOS3/c1-13(2,14(3,4)17)16-15-12-8-7-11(19-12)10-6-5-9-18-10/h5-9,17H,1-4H3. The molecule has 0 aromatic carbocycles. The van der Waals surface area contributed by atoms with Crippen LogP contribution in [-0.4, -0.2) is 17.8 Å². The van der Waals surface area contributed by atoms with Crippen LogP contribution >= 0.6 is 35.3 Å². The maximum Gasteiger partial charge on any atom is 0.341 e. The molecule has 0 fully saturated rings. The lowest BCUT2D eigenvalue weighted by Crippen LogP contribution is -2.45. The highest BCUT2D eigenvalue weighted by Gasteiger charge is 2.34. The van der Waals surface area contributed by atoms with Gasteiger partial charge < -0.3 is 4.65 Å². The summed E-state index contributed by atoms with van der Waals surface area (Å²) < 4.78 is 6.86. The molecule has 2 heterocycles. The first-order chi connectivity index (χ1) is 8.79. The average molecular weight is 309 g/mol. The first-order valence-corrected chi connectivity index (χ1v) is 8.31. The van der Waals surface area contributed by atoms with Gasteiger partial charge in [0, 0.05) is 19.3 Å². The van der Waals surface area contributed by atoms with E-state index >= 15 is 0 Å². The Labute approximate surface area is 129 Å². The van der Waals surface area contributed by atoms with Crippen LogP contribution in [0.5, 0.6) is 0 Å². The molecule has 0 aliphatic carbocycles. The smallest absolute Gasteiger partial charge is 0.341 e. The molecule has 0 saturated heterocycles. The predicted octanol–water partition coefficient (Wildman–Crippen LogP) is 4.22. The van der Waals surface area contributed by atoms with Gasteiger partial charge in [-0.25, -0.2) is 0 Å². The predicted molar refractivity (Wildman–Crippen MR) is 91.2 cm³/mol. The summed E-state index contributed by atoms with van der Waals surface area (Å²) in [7, 11) is 1.85. The third-order valence-corrected chi connectivity index (χ3v) is 5.95. The van der Waals surface area contributed by atoms with Crippen molar-refractivity contribution < 1.29 is 4.65 Å². The zero-order chi connectivity index (χ0) is 14.1. The van der Waals surface area contributed by atoms with E-state index in [4.69, 9.17) is 4.65 Å². The Kier molecular flexibility index (Phi) is 4.50. The Balaban J connectivity index is 2.02. The van der Waals surface area contributed by atoms with Gasteiger partial charge in [-0.15, -0.1) is 22.7 Å². The van der Waals surface area contributed by atoms with Crippen molar-refractivity contribution in [3.05, 3.63) is 29.6 Å². The molecule has 0 saturated carbocycles. The average Bonchev–Trinajstić information content (AvgIpc) is 2.96. The van der Waals surface area contributed by atoms with Gasteiger partial charge in [0.1, 0.15) is 0 Å². The molecule has 19 heavy (non-hydrogen) atoms. The fourth-order valence-corrected chi connectivity index (χ4v) is 3.08. The summed E-state index contributed by atoms with van der Waals surface area (Å²) in [6, 6.07) is 8.46. The van der Waals surface area contributed by atoms with Crippen molar-refractivity contribution in [2.75, 3.05) is 0 Å². The van der Waals surface area contributed by atoms with Gasteiger partial charge in [0.25, 0.3) is 0 Å². The lowest BCUT2D eigenvalue weighted by molar-refractivity contribution is 0.0856. The first kappa shape index (κ1) is 15.2. The van der Waals surface area contributed by atoms with E-state index in [1.807, 2.05) is 7.48 Å². The second-order valence-electron chi connectivity index (χ2n) is 5.48. The third-order valence-electron chi connectivity index (χ3n) is 3.33. The second-order valence-corrected chi connectivity index (χ2v) is 8.67. The lowest BCUT2D eigenvalue weighted by atomic mass is 9.89. The summed E-state index contributed by atoms with van der Waals surface area (Å²) in [5, 5.41) is 2.10. The van der Waals surface area contributed by atoms with Gasteiger partial charge >= 0.3 is 7.48 Å². The Morgan fingerprint density at radius 2 is 1.84 bits per heavy atom. The van der Waals surface area contributed by atoms with Gasteiger partial charge in [-0.3, -0.25) is 0 Å². The van der Waals surface area contributed by atoms with E-state index in [-0.39, 0.29) is 10.3 Å². The molecule has 0 bridgehead atoms. The molecule has 0 unspecified atom stereocenters. The van der Waals surface area contributed by atoms with Crippen molar-refractivity contribution in [3.8, 4) is 9.75 Å². The molecule has 0 aliphatic heterocycles. The number of hydrogen-bond acceptors (Lipinski definition) is 4. The van der Waals surface area contributed by atoms with Crippen molar-refractivity contribution in [2.24, 2.45) is 0 Å². The zero-order valence-corrected chi connectivity index (χ0v) is 14.2. The van der Waals surface area contributed by atoms with Crippen LogP contribution < -0.4 is 4.78 Å². The van der Waals surface area contributed by atoms with E-state index in [2.05, 4.69) is 70.0 Å². The summed E-state index contributed by atoms with van der Waals surface area (Å²) in [6.45, 7) is 8.25. The molecule has 1 nitrogen and oxygen atoms in total. The van der Waals surface area contributed by atoms with Crippen LogP contribution in [0.3, 0.4) is 0 Å². The summed E-state index contributed by atoms with van der Waals surface area (Å²) in [6.07, 6.45) is 0. The van der Waals surface area contributed by atoms with E-state index in [0.717, 1.165) is 4.78 Å². The number of thiophene rings is 2. The highest BCUT2D eigenvalue weighted by molar-refractivity contribution is 7.81. The topological polar surface area (TPSA) is 9.23 Å². The largest absolute Gasteiger partial charge is 0.427 e. The first-order valence-electron chi connectivity index (χ1n) is 6.17. The minimum absolute atomic E-state index is 0.197. The Hall–Kier alpha value is -0.225. The Morgan fingerprint density at radius 1 is 1.11 bits per heavy atom. The van der Waals surface area contributed by atoms with Crippen LogP contribution in [0.25, 0.3) is 9.75 Å². The van der Waals surface area contributed by atoms with Gasteiger partial charge in [0.15, 0.2) is 0 Å². The molecule has 0 aliphatic rings. The number of thiol groups is 1. The van der Waals surface area contributed by atoms with E-state index in [9.17, 15) is 0 Å². The molecular formula is C14H18BOS3. The minimum Gasteiger partial charge on any atom is -0.427 e. The molecule has 2 aromatic heterocycles. The molecular weight excluding hydrogens is 291 g/mol. The van der Waals surface area contributed by atoms with Crippen molar-refractivity contribution in [3.63, 3.8) is 0 Å². The van der Waals surface area contributed by atoms with Crippen LogP contribution in [0.2, 0.25) is 0 Å². The number of hydrogen-bond donors (Lipinski definition) is 1. The summed E-state index contributed by atoms with van der Waals surface area (Å²) in [4.78, 5) is 2.59. The fraction of sp³-hybridized carbons (Fsp3) is 0.429. The van der Waals surface area contributed by atoms with Gasteiger partial charge in [-0.05, 0) is 45.2 Å². The van der Waals surface area contributed by atoms with Crippen molar-refractivity contribution in [1.29, 1.82) is 0 Å². The van der Waals surface area contributed by atoms with Crippen LogP contribution in [0, 0.1) is 0 Å². The quantitative estimate of drug-likeness (QED) is 0.642. The van der Waals surface area contributed by atoms with Crippen LogP contribution in [0.15, 0.2) is 29.6 Å². The second kappa shape index (κ2) is 5.64. The monoisotopic (exact) mass is 309 g/mol. The highest BCUT2D eigenvalue weighted by Crippen LogP contribution is 2.31. The molecule has 1 radical (unpaired) electrons. The zero-order valence-electron chi connectivity index (χ0n) is 11.6. The van der Waals surface area contributed by atoms with Crippen molar-refractivity contribution in [1.82, 2.24) is 0 Å². The normalized spacial score (nSPS) is 12.7. The fourth-order valence-electron chi connectivity index (χ4n) is 1.32. The van der Waals surface area contributed by atoms with Crippen LogP contribution in [-0.2, 0) is 4.65 Å². The van der Waals surface area contributed by atoms with E-state index in [1.54, 1.807) is 22.7 Å². The molecule has 0 amide bonds. The molecule has 5 heteroatoms. The van der Waals surface area contributed by atoms with Gasteiger partial charge in [0.2, 0.25) is 0 Å². The molecule has 0 N–H and O–H groups in total. The minimum atomic E-state index is -0.316. The van der Waals surface area contributed by atoms with Crippen LogP contribution in [0.4, 0.5) is 0 Å². The van der Waals surface area contributed by atoms with Gasteiger partial charge in [0.05, 0.1) is 5.60 Å². The van der Waals surface area contributed by atoms with Crippen molar-refractivity contribution in [2.45, 2.75) is 38.0 Å². The summed E-state index contributed by atoms with van der Waals surface area (Å²) in [5.74, 6) is 0. The molecule has 2 aromatic rings. The molecule has 0 spiro atoms. The SMILES string of the molecule is CC(C)(S)C(C)(C)O[B]c1ccc(-c2cccs2)s1. The molecule has 0 atom stereocenters. The van der Waals surface area contributed by atoms with E-state index in [0.29, 0.717) is 0 Å². The van der Waals surface area contributed by atoms with Crippen LogP contribution in [0.1, 0.15) is 27.7 Å². The maximum absolute atomic E-state index is 5.92. The van der Waals surface area contributed by atoms with E-state index < -0.39 is 0 Å². The lowest BCUT2D eigenvalue weighted by Gasteiger charge is -2.38. The van der Waals surface area contributed by atoms with Gasteiger partial charge in [-0.2, -0.15) is 12.6 Å². The van der Waals surface area contributed by atoms with Crippen molar-refractivity contribution >= 4 is 47.6 Å². The molecule has 2 rings (SSSR count). The Morgan fingerprint density at radius 3 is 2.42 bits per heavy atom. The summed E-state index contributed by atoms with van der Waals surface area (Å²) in [5.41, 5.74) is -0.316. The Bertz CT molecular complexity index is 523. The highest BCUT2D eigenvalue weighted by atomic mass is 32.1. The number of rotatable bonds is 5. The van der Waals surface area contributed by atoms with E-state index in [1.165, 1.54) is 9.75 Å². The summed E-state index contributed by atoms with van der Waals surface area (Å²) >= 11 is 8.10. The third kappa shape index (κ3) is 3.66. The van der Waals surface area contributed by atoms with Gasteiger partial charge in [-0.1, -0.05) is 12.1 Å².